The maximum absolute atomic E-state index is 11.1. The Labute approximate surface area is 96.9 Å². The summed E-state index contributed by atoms with van der Waals surface area (Å²) in [5.41, 5.74) is 0.996. The molecule has 1 heterocycles. The molecule has 0 bridgehead atoms. The first-order valence-electron chi connectivity index (χ1n) is 5.31. The van der Waals surface area contributed by atoms with E-state index in [1.807, 2.05) is 19.1 Å². The number of aromatic hydroxyl groups is 1. The summed E-state index contributed by atoms with van der Waals surface area (Å²) < 4.78 is 5.10. The maximum Gasteiger partial charge on any atom is 0.336 e. The Bertz CT molecular complexity index is 784. The van der Waals surface area contributed by atoms with Crippen molar-refractivity contribution in [2.45, 2.75) is 6.92 Å². The number of benzene rings is 2. The predicted octanol–water partition coefficient (Wildman–Crippen LogP) is 2.96. The van der Waals surface area contributed by atoms with Gasteiger partial charge in [-0.15, -0.1) is 0 Å². The molecular weight excluding hydrogens is 216 g/mol. The van der Waals surface area contributed by atoms with Crippen molar-refractivity contribution in [3.05, 3.63) is 52.4 Å². The second-order valence-corrected chi connectivity index (χ2v) is 4.09. The Kier molecular flexibility index (Phi) is 1.95. The summed E-state index contributed by atoms with van der Waals surface area (Å²) in [6.45, 7) is 1.85. The fraction of sp³-hybridized carbons (Fsp3) is 0.0714. The first-order chi connectivity index (χ1) is 8.15. The molecule has 0 spiro atoms. The van der Waals surface area contributed by atoms with Gasteiger partial charge in [0.25, 0.3) is 0 Å². The minimum absolute atomic E-state index is 0.246. The predicted molar refractivity (Wildman–Crippen MR) is 66.4 cm³/mol. The lowest BCUT2D eigenvalue weighted by atomic mass is 10.0. The molecule has 17 heavy (non-hydrogen) atoms. The number of fused-ring (bicyclic) bond motifs is 3. The van der Waals surface area contributed by atoms with Crippen LogP contribution in [-0.2, 0) is 0 Å². The van der Waals surface area contributed by atoms with Gasteiger partial charge in [0.2, 0.25) is 0 Å². The van der Waals surface area contributed by atoms with Crippen LogP contribution in [0.15, 0.2) is 45.6 Å². The van der Waals surface area contributed by atoms with Crippen molar-refractivity contribution in [3.8, 4) is 5.75 Å². The molecule has 0 atom stereocenters. The monoisotopic (exact) mass is 226 g/mol. The van der Waals surface area contributed by atoms with Crippen molar-refractivity contribution in [1.82, 2.24) is 0 Å². The zero-order chi connectivity index (χ0) is 12.0. The molecular formula is C14H10O3. The van der Waals surface area contributed by atoms with E-state index < -0.39 is 0 Å². The summed E-state index contributed by atoms with van der Waals surface area (Å²) in [6.07, 6.45) is 0. The molecule has 0 aliphatic heterocycles. The first kappa shape index (κ1) is 9.90. The largest absolute Gasteiger partial charge is 0.508 e. The molecule has 0 aliphatic carbocycles. The molecule has 0 radical (unpaired) electrons. The van der Waals surface area contributed by atoms with Crippen LogP contribution in [-0.4, -0.2) is 5.11 Å². The molecule has 0 aliphatic rings. The maximum atomic E-state index is 11.1. The Morgan fingerprint density at radius 2 is 1.88 bits per heavy atom. The molecule has 0 fully saturated rings. The number of rotatable bonds is 0. The molecule has 0 saturated carbocycles. The van der Waals surface area contributed by atoms with E-state index in [0.717, 1.165) is 21.7 Å². The molecule has 84 valence electrons. The van der Waals surface area contributed by atoms with Crippen LogP contribution in [0.1, 0.15) is 5.56 Å². The average Bonchev–Trinajstić information content (AvgIpc) is 2.30. The van der Waals surface area contributed by atoms with E-state index in [2.05, 4.69) is 0 Å². The fourth-order valence-corrected chi connectivity index (χ4v) is 2.03. The first-order valence-corrected chi connectivity index (χ1v) is 5.31. The Morgan fingerprint density at radius 1 is 1.06 bits per heavy atom. The van der Waals surface area contributed by atoms with E-state index in [9.17, 15) is 9.90 Å². The Balaban J connectivity index is 2.55. The second kappa shape index (κ2) is 3.35. The molecule has 0 amide bonds. The van der Waals surface area contributed by atoms with Crippen LogP contribution in [0.5, 0.6) is 5.75 Å². The lowest BCUT2D eigenvalue weighted by molar-refractivity contribution is 0.472. The second-order valence-electron chi connectivity index (χ2n) is 4.09. The van der Waals surface area contributed by atoms with E-state index >= 15 is 0 Å². The van der Waals surface area contributed by atoms with Crippen LogP contribution in [0.4, 0.5) is 0 Å². The lowest BCUT2D eigenvalue weighted by Crippen LogP contribution is -1.94. The van der Waals surface area contributed by atoms with Gasteiger partial charge in [-0.3, -0.25) is 0 Å². The van der Waals surface area contributed by atoms with Crippen LogP contribution in [0.2, 0.25) is 0 Å². The van der Waals surface area contributed by atoms with E-state index in [-0.39, 0.29) is 11.4 Å². The number of phenols is 1. The minimum Gasteiger partial charge on any atom is -0.508 e. The van der Waals surface area contributed by atoms with Crippen molar-refractivity contribution in [2.75, 3.05) is 0 Å². The fourth-order valence-electron chi connectivity index (χ4n) is 2.03. The van der Waals surface area contributed by atoms with E-state index in [1.165, 1.54) is 6.07 Å². The van der Waals surface area contributed by atoms with Gasteiger partial charge in [-0.1, -0.05) is 6.07 Å². The number of phenolic OH excluding ortho intramolecular Hbond substituents is 1. The van der Waals surface area contributed by atoms with Gasteiger partial charge in [0.15, 0.2) is 0 Å². The summed E-state index contributed by atoms with van der Waals surface area (Å²) in [5, 5.41) is 12.5. The summed E-state index contributed by atoms with van der Waals surface area (Å²) in [5.74, 6) is 0.246. The van der Waals surface area contributed by atoms with Crippen molar-refractivity contribution < 1.29 is 9.52 Å². The van der Waals surface area contributed by atoms with Crippen molar-refractivity contribution in [1.29, 1.82) is 0 Å². The summed E-state index contributed by atoms with van der Waals surface area (Å²) in [7, 11) is 0. The van der Waals surface area contributed by atoms with Gasteiger partial charge in [0.05, 0.1) is 0 Å². The molecule has 0 saturated heterocycles. The van der Waals surface area contributed by atoms with Gasteiger partial charge in [0, 0.05) is 11.5 Å². The normalized spacial score (nSPS) is 11.1. The van der Waals surface area contributed by atoms with E-state index in [1.54, 1.807) is 18.2 Å². The zero-order valence-corrected chi connectivity index (χ0v) is 9.23. The highest BCUT2D eigenvalue weighted by molar-refractivity contribution is 6.06. The van der Waals surface area contributed by atoms with Crippen molar-refractivity contribution in [3.63, 3.8) is 0 Å². The number of hydrogen-bond donors (Lipinski definition) is 1. The SMILES string of the molecule is Cc1cc2ccc3oc(=O)ccc3c2cc1O. The molecule has 3 rings (SSSR count). The third-order valence-electron chi connectivity index (χ3n) is 2.93. The lowest BCUT2D eigenvalue weighted by Gasteiger charge is -2.05. The van der Waals surface area contributed by atoms with Crippen molar-refractivity contribution in [2.24, 2.45) is 0 Å². The van der Waals surface area contributed by atoms with Gasteiger partial charge >= 0.3 is 5.63 Å². The minimum atomic E-state index is -0.367. The van der Waals surface area contributed by atoms with Crippen LogP contribution in [0.3, 0.4) is 0 Å². The quantitative estimate of drug-likeness (QED) is 0.473. The highest BCUT2D eigenvalue weighted by atomic mass is 16.4. The van der Waals surface area contributed by atoms with Crippen molar-refractivity contribution >= 4 is 21.7 Å². The molecule has 3 aromatic rings. The summed E-state index contributed by atoms with van der Waals surface area (Å²) in [4.78, 5) is 11.1. The average molecular weight is 226 g/mol. The number of aryl methyl sites for hydroxylation is 1. The van der Waals surface area contributed by atoms with Gasteiger partial charge in [-0.05, 0) is 47.5 Å². The van der Waals surface area contributed by atoms with Crippen LogP contribution in [0, 0.1) is 6.92 Å². The highest BCUT2D eigenvalue weighted by Gasteiger charge is 2.05. The molecule has 3 nitrogen and oxygen atoms in total. The molecule has 1 aromatic heterocycles. The zero-order valence-electron chi connectivity index (χ0n) is 9.23. The Morgan fingerprint density at radius 3 is 2.71 bits per heavy atom. The number of hydrogen-bond acceptors (Lipinski definition) is 3. The van der Waals surface area contributed by atoms with E-state index in [0.29, 0.717) is 5.58 Å². The van der Waals surface area contributed by atoms with Crippen LogP contribution < -0.4 is 5.63 Å². The van der Waals surface area contributed by atoms with Gasteiger partial charge < -0.3 is 9.52 Å². The third kappa shape index (κ3) is 1.47. The molecule has 1 N–H and O–H groups in total. The van der Waals surface area contributed by atoms with Gasteiger partial charge in [0.1, 0.15) is 11.3 Å². The molecule has 0 unspecified atom stereocenters. The molecule has 2 aromatic carbocycles. The summed E-state index contributed by atoms with van der Waals surface area (Å²) >= 11 is 0. The van der Waals surface area contributed by atoms with Gasteiger partial charge in [-0.25, -0.2) is 4.79 Å². The highest BCUT2D eigenvalue weighted by Crippen LogP contribution is 2.29. The summed E-state index contributed by atoms with van der Waals surface area (Å²) in [6, 6.07) is 10.4. The molecule has 3 heteroatoms. The van der Waals surface area contributed by atoms with Crippen LogP contribution >= 0.6 is 0 Å². The standard InChI is InChI=1S/C14H10O3/c1-8-6-9-2-4-13-10(3-5-14(16)17-13)11(9)7-12(8)15/h2-7,15H,1H3. The van der Waals surface area contributed by atoms with E-state index in [4.69, 9.17) is 4.42 Å². The topological polar surface area (TPSA) is 50.4 Å². The van der Waals surface area contributed by atoms with Crippen LogP contribution in [0.25, 0.3) is 21.7 Å². The van der Waals surface area contributed by atoms with Gasteiger partial charge in [-0.2, -0.15) is 0 Å². The third-order valence-corrected chi connectivity index (χ3v) is 2.93. The smallest absolute Gasteiger partial charge is 0.336 e. The Hall–Kier alpha value is -2.29.